The number of allylic oxidation sites excluding steroid dienone is 10. The highest BCUT2D eigenvalue weighted by molar-refractivity contribution is 8.02. The van der Waals surface area contributed by atoms with E-state index in [9.17, 15) is 4.79 Å². The molecule has 3 rings (SSSR count). The Labute approximate surface area is 248 Å². The minimum atomic E-state index is 0.0729. The average Bonchev–Trinajstić information content (AvgIpc) is 3.00. The number of hydrogen-bond acceptors (Lipinski definition) is 4. The number of nitrogens with zero attached hydrogens (tertiary/aromatic N) is 1. The third-order valence-corrected chi connectivity index (χ3v) is 9.32. The fourth-order valence-electron chi connectivity index (χ4n) is 5.37. The molecule has 218 valence electrons. The van der Waals surface area contributed by atoms with Crippen molar-refractivity contribution in [2.75, 3.05) is 26.2 Å². The van der Waals surface area contributed by atoms with Crippen LogP contribution in [0.4, 0.5) is 0 Å². The van der Waals surface area contributed by atoms with E-state index in [1.807, 2.05) is 23.9 Å². The normalized spacial score (nSPS) is 22.2. The molecule has 0 spiro atoms. The predicted molar refractivity (Wildman–Crippen MR) is 175 cm³/mol. The van der Waals surface area contributed by atoms with Crippen LogP contribution in [0.15, 0.2) is 95.0 Å². The molecule has 1 amide bonds. The minimum absolute atomic E-state index is 0.0729. The van der Waals surface area contributed by atoms with Crippen molar-refractivity contribution in [2.24, 2.45) is 17.6 Å². The molecule has 0 aromatic heterocycles. The smallest absolute Gasteiger partial charge is 0.247 e. The van der Waals surface area contributed by atoms with Crippen molar-refractivity contribution >= 4 is 17.7 Å². The van der Waals surface area contributed by atoms with Crippen LogP contribution in [-0.4, -0.2) is 42.4 Å². The molecule has 0 radical (unpaired) electrons. The predicted octanol–water partition coefficient (Wildman–Crippen LogP) is 7.76. The molecular weight excluding hydrogens is 510 g/mol. The van der Waals surface area contributed by atoms with E-state index in [1.54, 1.807) is 0 Å². The standard InChI is InChI=1S/C35H51N3OS/c1-4-5-6-7-8-12-22-38(29(3)40-27-28(2)33-16-10-9-11-17-33)26-30-18-20-34(21-19-30)35(39)37-25-32-15-13-14-31(23-32)24-36/h4,7-11,15-16,18,20,27,29,31,33H,1,5-6,12-14,17,19,21-26,36H2,2-3H3,(H,37,39)/b8-7-,28-27+/t29?,31?,33-/m1/s1. The lowest BCUT2D eigenvalue weighted by atomic mass is 9.89. The van der Waals surface area contributed by atoms with Gasteiger partial charge in [0, 0.05) is 31.1 Å². The van der Waals surface area contributed by atoms with Crippen LogP contribution in [0, 0.1) is 11.8 Å². The Morgan fingerprint density at radius 2 is 2.05 bits per heavy atom. The molecule has 5 heteroatoms. The molecule has 4 nitrogen and oxygen atoms in total. The third kappa shape index (κ3) is 11.3. The summed E-state index contributed by atoms with van der Waals surface area (Å²) in [4.78, 5) is 15.4. The molecule has 3 aliphatic rings. The van der Waals surface area contributed by atoms with Crippen LogP contribution >= 0.6 is 11.8 Å². The zero-order valence-corrected chi connectivity index (χ0v) is 25.6. The van der Waals surface area contributed by atoms with E-state index < -0.39 is 0 Å². The molecule has 0 aromatic carbocycles. The van der Waals surface area contributed by atoms with Crippen molar-refractivity contribution in [1.29, 1.82) is 0 Å². The molecule has 0 aromatic rings. The number of thioether (sulfide) groups is 1. The number of unbranched alkanes of at least 4 members (excludes halogenated alkanes) is 1. The van der Waals surface area contributed by atoms with Crippen LogP contribution in [0.1, 0.15) is 71.6 Å². The van der Waals surface area contributed by atoms with Crippen molar-refractivity contribution in [1.82, 2.24) is 10.2 Å². The van der Waals surface area contributed by atoms with Gasteiger partial charge in [0.1, 0.15) is 0 Å². The first-order chi connectivity index (χ1) is 19.5. The minimum Gasteiger partial charge on any atom is -0.349 e. The van der Waals surface area contributed by atoms with Gasteiger partial charge in [-0.25, -0.2) is 0 Å². The molecule has 0 aliphatic heterocycles. The van der Waals surface area contributed by atoms with Gasteiger partial charge in [-0.3, -0.25) is 9.69 Å². The van der Waals surface area contributed by atoms with Crippen molar-refractivity contribution in [3.8, 4) is 0 Å². The summed E-state index contributed by atoms with van der Waals surface area (Å²) < 4.78 is 0. The van der Waals surface area contributed by atoms with Gasteiger partial charge in [0.2, 0.25) is 5.91 Å². The number of rotatable bonds is 16. The number of amides is 1. The average molecular weight is 562 g/mol. The van der Waals surface area contributed by atoms with E-state index in [2.05, 4.69) is 84.7 Å². The summed E-state index contributed by atoms with van der Waals surface area (Å²) in [5.41, 5.74) is 10.9. The van der Waals surface area contributed by atoms with E-state index in [-0.39, 0.29) is 5.91 Å². The number of nitrogens with two attached hydrogens (primary N) is 1. The number of nitrogens with one attached hydrogen (secondary N) is 1. The molecule has 2 unspecified atom stereocenters. The molecule has 0 saturated carbocycles. The van der Waals surface area contributed by atoms with Crippen molar-refractivity contribution in [2.45, 2.75) is 77.0 Å². The lowest BCUT2D eigenvalue weighted by Gasteiger charge is -2.30. The lowest BCUT2D eigenvalue weighted by Crippen LogP contribution is -2.34. The third-order valence-electron chi connectivity index (χ3n) is 8.12. The van der Waals surface area contributed by atoms with Crippen LogP contribution in [0.2, 0.25) is 0 Å². The van der Waals surface area contributed by atoms with Gasteiger partial charge in [-0.15, -0.1) is 18.3 Å². The molecule has 40 heavy (non-hydrogen) atoms. The second-order valence-electron chi connectivity index (χ2n) is 11.3. The van der Waals surface area contributed by atoms with E-state index in [0.29, 0.717) is 23.8 Å². The fraction of sp³-hybridized carbons (Fsp3) is 0.514. The highest BCUT2D eigenvalue weighted by Gasteiger charge is 2.20. The highest BCUT2D eigenvalue weighted by atomic mass is 32.2. The summed E-state index contributed by atoms with van der Waals surface area (Å²) in [6, 6.07) is 0. The molecule has 3 N–H and O–H groups in total. The van der Waals surface area contributed by atoms with E-state index in [1.165, 1.54) is 16.7 Å². The summed E-state index contributed by atoms with van der Waals surface area (Å²) in [6.07, 6.45) is 31.1. The Balaban J connectivity index is 1.56. The van der Waals surface area contributed by atoms with E-state index in [4.69, 9.17) is 5.73 Å². The van der Waals surface area contributed by atoms with E-state index >= 15 is 0 Å². The van der Waals surface area contributed by atoms with Gasteiger partial charge in [-0.05, 0) is 89.5 Å². The van der Waals surface area contributed by atoms with Crippen LogP contribution < -0.4 is 11.1 Å². The first-order valence-corrected chi connectivity index (χ1v) is 16.1. The van der Waals surface area contributed by atoms with Crippen molar-refractivity contribution in [3.63, 3.8) is 0 Å². The Morgan fingerprint density at radius 1 is 1.20 bits per heavy atom. The Hall–Kier alpha value is -2.34. The van der Waals surface area contributed by atoms with Gasteiger partial charge in [0.15, 0.2) is 0 Å². The molecule has 3 aliphatic carbocycles. The Morgan fingerprint density at radius 3 is 2.77 bits per heavy atom. The van der Waals surface area contributed by atoms with Gasteiger partial charge in [0.05, 0.1) is 5.37 Å². The maximum absolute atomic E-state index is 12.9. The fourth-order valence-corrected chi connectivity index (χ4v) is 6.31. The van der Waals surface area contributed by atoms with E-state index in [0.717, 1.165) is 83.0 Å². The molecule has 0 saturated heterocycles. The quantitative estimate of drug-likeness (QED) is 0.115. The first-order valence-electron chi connectivity index (χ1n) is 15.2. The van der Waals surface area contributed by atoms with Crippen molar-refractivity contribution < 1.29 is 4.79 Å². The summed E-state index contributed by atoms with van der Waals surface area (Å²) >= 11 is 1.92. The van der Waals surface area contributed by atoms with Gasteiger partial charge in [-0.1, -0.05) is 77.5 Å². The maximum Gasteiger partial charge on any atom is 0.247 e. The van der Waals surface area contributed by atoms with Gasteiger partial charge in [-0.2, -0.15) is 0 Å². The zero-order valence-electron chi connectivity index (χ0n) is 24.8. The summed E-state index contributed by atoms with van der Waals surface area (Å²) in [5, 5.41) is 5.89. The largest absolute Gasteiger partial charge is 0.349 e. The molecule has 3 atom stereocenters. The monoisotopic (exact) mass is 561 g/mol. The van der Waals surface area contributed by atoms with Crippen LogP contribution in [0.3, 0.4) is 0 Å². The zero-order chi connectivity index (χ0) is 28.6. The molecular formula is C35H51N3OS. The van der Waals surface area contributed by atoms with Crippen molar-refractivity contribution in [3.05, 3.63) is 95.0 Å². The summed E-state index contributed by atoms with van der Waals surface area (Å²) in [7, 11) is 0. The van der Waals surface area contributed by atoms with Crippen LogP contribution in [0.25, 0.3) is 0 Å². The summed E-state index contributed by atoms with van der Waals surface area (Å²) in [5.74, 6) is 1.14. The Kier molecular flexibility index (Phi) is 14.6. The molecule has 0 fully saturated rings. The maximum atomic E-state index is 12.9. The molecule has 0 bridgehead atoms. The first kappa shape index (κ1) is 32.2. The van der Waals surface area contributed by atoms with Crippen LogP contribution in [0.5, 0.6) is 0 Å². The Bertz CT molecular complexity index is 1040. The number of carbonyl (C=O) groups is 1. The van der Waals surface area contributed by atoms with Crippen LogP contribution in [-0.2, 0) is 4.79 Å². The SMILES string of the molecule is C=CCC/C=C\CCN(CC1=CC=C(C(=O)NCC2=CCCC(CN)C2)CC1)C(C)S/C=C(\C)[C@@H]1C=CC=CC1. The van der Waals surface area contributed by atoms with Gasteiger partial charge >= 0.3 is 0 Å². The second-order valence-corrected chi connectivity index (χ2v) is 12.5. The highest BCUT2D eigenvalue weighted by Crippen LogP contribution is 2.28. The van der Waals surface area contributed by atoms with Gasteiger partial charge in [0.25, 0.3) is 0 Å². The second kappa shape index (κ2) is 18.2. The van der Waals surface area contributed by atoms with Gasteiger partial charge < -0.3 is 11.1 Å². The number of carbonyl (C=O) groups excluding carboxylic acids is 1. The summed E-state index contributed by atoms with van der Waals surface area (Å²) in [6.45, 7) is 11.7. The lowest BCUT2D eigenvalue weighted by molar-refractivity contribution is -0.117. The topological polar surface area (TPSA) is 58.4 Å². The molecule has 0 heterocycles. The number of hydrogen-bond donors (Lipinski definition) is 2.